The maximum absolute atomic E-state index is 12.2. The second kappa shape index (κ2) is 53.7. The zero-order chi connectivity index (χ0) is 40.7. The second-order valence-corrected chi connectivity index (χ2v) is 18.6. The standard InChI is InChI=1S/C40H66O13S4.6CH4/c1-3-15-43-17-19-46-31-35(32-47-20-18-44-16-4-2)50-25-21-45-22-26-51-36(33-48-23-27-52-39(41)11-7-5-9-37-13-29-54-56-37)34-49-24-28-53-40(42)12-8-6-10-38-14-30-55-57-38;;;;;;/h1-2,35-38H,5-34H2;6*1H4. The van der Waals surface area contributed by atoms with Gasteiger partial charge < -0.3 is 52.1 Å². The van der Waals surface area contributed by atoms with Crippen LogP contribution in [0.2, 0.25) is 0 Å². The Hall–Kier alpha value is -0.900. The average Bonchev–Trinajstić information content (AvgIpc) is 3.95. The number of carbonyl (C=O) groups excluding carboxylic acids is 2. The molecule has 0 radical (unpaired) electrons. The number of rotatable bonds is 40. The molecule has 2 aliphatic rings. The molecule has 0 aromatic rings. The minimum absolute atomic E-state index is 0. The molecule has 2 rings (SSSR count). The average molecular weight is 979 g/mol. The Morgan fingerprint density at radius 2 is 0.825 bits per heavy atom. The summed E-state index contributed by atoms with van der Waals surface area (Å²) in [5.41, 5.74) is 0. The van der Waals surface area contributed by atoms with Crippen molar-refractivity contribution >= 4 is 55.1 Å². The normalized spacial score (nSPS) is 15.5. The van der Waals surface area contributed by atoms with Crippen molar-refractivity contribution in [1.29, 1.82) is 0 Å². The number of ether oxygens (including phenoxy) is 11. The molecule has 2 fully saturated rings. The highest BCUT2D eigenvalue weighted by atomic mass is 33.1. The number of esters is 2. The van der Waals surface area contributed by atoms with E-state index < -0.39 is 6.10 Å². The summed E-state index contributed by atoms with van der Waals surface area (Å²) in [5.74, 6) is 6.88. The summed E-state index contributed by atoms with van der Waals surface area (Å²) >= 11 is 0. The van der Waals surface area contributed by atoms with Gasteiger partial charge in [0.05, 0.1) is 92.5 Å². The highest BCUT2D eigenvalue weighted by Crippen LogP contribution is 2.40. The lowest BCUT2D eigenvalue weighted by Gasteiger charge is -2.19. The molecule has 376 valence electrons. The molecule has 0 saturated carbocycles. The molecule has 17 heteroatoms. The fourth-order valence-electron chi connectivity index (χ4n) is 5.28. The SMILES string of the molecule is C.C.C.C.C.C.C#CCOCCOCC(COCCOCC#C)OCCOCCOC(COCCOC(=O)CCCCC1CCSS1)COCCOC(=O)CCCCC1CCSS1. The van der Waals surface area contributed by atoms with Crippen molar-refractivity contribution < 1.29 is 61.7 Å². The first-order valence-electron chi connectivity index (χ1n) is 20.1. The fourth-order valence-corrected chi connectivity index (χ4v) is 11.3. The first-order valence-corrected chi connectivity index (χ1v) is 24.9. The van der Waals surface area contributed by atoms with Crippen molar-refractivity contribution in [1.82, 2.24) is 0 Å². The van der Waals surface area contributed by atoms with Gasteiger partial charge in [0.15, 0.2) is 0 Å². The Kier molecular flexibility index (Phi) is 60.6. The van der Waals surface area contributed by atoms with Gasteiger partial charge in [0.2, 0.25) is 0 Å². The molecule has 2 heterocycles. The number of unbranched alkanes of at least 4 members (excludes halogenated alkanes) is 2. The van der Waals surface area contributed by atoms with Crippen molar-refractivity contribution in [2.45, 2.75) is 131 Å². The molecule has 2 aliphatic heterocycles. The van der Waals surface area contributed by atoms with Crippen LogP contribution in [-0.4, -0.2) is 165 Å². The van der Waals surface area contributed by atoms with E-state index in [1.54, 1.807) is 0 Å². The van der Waals surface area contributed by atoms with Gasteiger partial charge in [-0.3, -0.25) is 9.59 Å². The van der Waals surface area contributed by atoms with E-state index in [2.05, 4.69) is 11.8 Å². The van der Waals surface area contributed by atoms with Crippen LogP contribution < -0.4 is 0 Å². The van der Waals surface area contributed by atoms with Crippen molar-refractivity contribution in [2.75, 3.05) is 130 Å². The van der Waals surface area contributed by atoms with Crippen LogP contribution in [0.5, 0.6) is 0 Å². The van der Waals surface area contributed by atoms with Crippen molar-refractivity contribution in [2.24, 2.45) is 0 Å². The summed E-state index contributed by atoms with van der Waals surface area (Å²) in [6.45, 7) is 5.21. The molecule has 2 saturated heterocycles. The number of terminal acetylenes is 2. The van der Waals surface area contributed by atoms with Crippen LogP contribution in [0.3, 0.4) is 0 Å². The molecule has 0 aromatic carbocycles. The Morgan fingerprint density at radius 1 is 0.476 bits per heavy atom. The van der Waals surface area contributed by atoms with Gasteiger partial charge in [0.1, 0.15) is 38.6 Å². The maximum atomic E-state index is 12.2. The highest BCUT2D eigenvalue weighted by molar-refractivity contribution is 8.77. The minimum Gasteiger partial charge on any atom is -0.463 e. The Bertz CT molecular complexity index is 982. The monoisotopic (exact) mass is 979 g/mol. The smallest absolute Gasteiger partial charge is 0.305 e. The van der Waals surface area contributed by atoms with E-state index in [1.165, 1.54) is 24.3 Å². The summed E-state index contributed by atoms with van der Waals surface area (Å²) in [4.78, 5) is 24.3. The van der Waals surface area contributed by atoms with Crippen LogP contribution in [0.4, 0.5) is 0 Å². The summed E-state index contributed by atoms with van der Waals surface area (Å²) in [6, 6.07) is 0. The van der Waals surface area contributed by atoms with Gasteiger partial charge in [-0.15, -0.1) is 12.8 Å². The molecule has 0 N–H and O–H groups in total. The number of hydrogen-bond acceptors (Lipinski definition) is 17. The van der Waals surface area contributed by atoms with Crippen LogP contribution in [0, 0.1) is 24.7 Å². The van der Waals surface area contributed by atoms with Gasteiger partial charge in [-0.1, -0.05) is 112 Å². The predicted octanol–water partition coefficient (Wildman–Crippen LogP) is 9.47. The molecular formula is C46H90O13S4. The third-order valence-electron chi connectivity index (χ3n) is 8.24. The van der Waals surface area contributed by atoms with Gasteiger partial charge in [-0.05, 0) is 38.5 Å². The van der Waals surface area contributed by atoms with Crippen molar-refractivity contribution in [3.8, 4) is 24.7 Å². The van der Waals surface area contributed by atoms with E-state index in [4.69, 9.17) is 65.0 Å². The second-order valence-electron chi connectivity index (χ2n) is 13.0. The molecule has 0 spiro atoms. The van der Waals surface area contributed by atoms with Crippen LogP contribution in [0.1, 0.15) is 109 Å². The minimum atomic E-state index is -0.401. The van der Waals surface area contributed by atoms with E-state index in [0.717, 1.165) is 49.0 Å². The maximum Gasteiger partial charge on any atom is 0.305 e. The largest absolute Gasteiger partial charge is 0.463 e. The fraction of sp³-hybridized carbons (Fsp3) is 0.870. The topological polar surface area (TPSA) is 136 Å². The Morgan fingerprint density at radius 3 is 1.17 bits per heavy atom. The first-order chi connectivity index (χ1) is 28.1. The molecule has 0 bridgehead atoms. The predicted molar refractivity (Wildman–Crippen MR) is 269 cm³/mol. The number of carbonyl (C=O) groups is 2. The third-order valence-corrected chi connectivity index (χ3v) is 14.3. The van der Waals surface area contributed by atoms with Crippen LogP contribution >= 0.6 is 43.2 Å². The molecule has 2 atom stereocenters. The van der Waals surface area contributed by atoms with Crippen LogP contribution in [-0.2, 0) is 61.7 Å². The van der Waals surface area contributed by atoms with Gasteiger partial charge in [-0.25, -0.2) is 0 Å². The van der Waals surface area contributed by atoms with Gasteiger partial charge >= 0.3 is 11.9 Å². The molecule has 2 unspecified atom stereocenters. The summed E-state index contributed by atoms with van der Waals surface area (Å²) in [5, 5.41) is 1.44. The Balaban J connectivity index is -0.00000187. The summed E-state index contributed by atoms with van der Waals surface area (Å²) in [6.07, 6.45) is 19.1. The van der Waals surface area contributed by atoms with Crippen molar-refractivity contribution in [3.63, 3.8) is 0 Å². The first kappa shape index (κ1) is 71.1. The zero-order valence-corrected chi connectivity index (χ0v) is 36.9. The van der Waals surface area contributed by atoms with E-state index in [-0.39, 0.29) is 115 Å². The summed E-state index contributed by atoms with van der Waals surface area (Å²) in [7, 11) is 7.81. The molecular weight excluding hydrogens is 889 g/mol. The quantitative estimate of drug-likeness (QED) is 0.0249. The van der Waals surface area contributed by atoms with E-state index >= 15 is 0 Å². The van der Waals surface area contributed by atoms with E-state index in [0.29, 0.717) is 78.9 Å². The van der Waals surface area contributed by atoms with E-state index in [9.17, 15) is 9.59 Å². The van der Waals surface area contributed by atoms with Crippen LogP contribution in [0.25, 0.3) is 0 Å². The third kappa shape index (κ3) is 44.7. The van der Waals surface area contributed by atoms with E-state index in [1.807, 2.05) is 43.2 Å². The molecule has 0 aliphatic carbocycles. The molecule has 0 amide bonds. The Labute approximate surface area is 401 Å². The van der Waals surface area contributed by atoms with Gasteiger partial charge in [0.25, 0.3) is 0 Å². The molecule has 13 nitrogen and oxygen atoms in total. The molecule has 63 heavy (non-hydrogen) atoms. The van der Waals surface area contributed by atoms with Crippen molar-refractivity contribution in [3.05, 3.63) is 0 Å². The lowest BCUT2D eigenvalue weighted by Crippen LogP contribution is -2.30. The van der Waals surface area contributed by atoms with Gasteiger partial charge in [-0.2, -0.15) is 0 Å². The number of hydrogen-bond donors (Lipinski definition) is 0. The lowest BCUT2D eigenvalue weighted by molar-refractivity contribution is -0.146. The van der Waals surface area contributed by atoms with Gasteiger partial charge in [0, 0.05) is 34.8 Å². The van der Waals surface area contributed by atoms with Crippen LogP contribution in [0.15, 0.2) is 0 Å². The summed E-state index contributed by atoms with van der Waals surface area (Å²) < 4.78 is 61.7. The highest BCUT2D eigenvalue weighted by Gasteiger charge is 2.18. The zero-order valence-electron chi connectivity index (χ0n) is 33.6. The lowest BCUT2D eigenvalue weighted by atomic mass is 10.1. The molecule has 0 aromatic heterocycles.